The largest absolute Gasteiger partial charge is 0.444 e. The van der Waals surface area contributed by atoms with Gasteiger partial charge in [-0.15, -0.1) is 0 Å². The Morgan fingerprint density at radius 3 is 2.86 bits per heavy atom. The van der Waals surface area contributed by atoms with Crippen molar-refractivity contribution in [1.29, 1.82) is 0 Å². The zero-order valence-electron chi connectivity index (χ0n) is 13.8. The summed E-state index contributed by atoms with van der Waals surface area (Å²) in [4.78, 5) is 13.8. The number of benzene rings is 1. The third-order valence-corrected chi connectivity index (χ3v) is 4.23. The first-order chi connectivity index (χ1) is 10.3. The van der Waals surface area contributed by atoms with Gasteiger partial charge in [-0.25, -0.2) is 4.79 Å². The molecule has 4 nitrogen and oxygen atoms in total. The Morgan fingerprint density at radius 1 is 1.45 bits per heavy atom. The summed E-state index contributed by atoms with van der Waals surface area (Å²) in [6, 6.07) is 6.33. The summed E-state index contributed by atoms with van der Waals surface area (Å²) in [7, 11) is 0. The van der Waals surface area contributed by atoms with Crippen LogP contribution < -0.4 is 5.32 Å². The van der Waals surface area contributed by atoms with E-state index in [4.69, 9.17) is 16.3 Å². The van der Waals surface area contributed by atoms with Gasteiger partial charge in [-0.1, -0.05) is 29.8 Å². The minimum atomic E-state index is -0.447. The van der Waals surface area contributed by atoms with Gasteiger partial charge in [0.05, 0.1) is 0 Å². The molecule has 0 aromatic heterocycles. The molecule has 122 valence electrons. The van der Waals surface area contributed by atoms with Crippen molar-refractivity contribution in [2.45, 2.75) is 52.3 Å². The van der Waals surface area contributed by atoms with E-state index in [0.717, 1.165) is 29.1 Å². The van der Waals surface area contributed by atoms with E-state index in [1.807, 2.05) is 45.9 Å². The lowest BCUT2D eigenvalue weighted by Crippen LogP contribution is -2.38. The summed E-state index contributed by atoms with van der Waals surface area (Å²) >= 11 is 6.31. The molecule has 5 heteroatoms. The van der Waals surface area contributed by atoms with Gasteiger partial charge in [0.25, 0.3) is 0 Å². The summed E-state index contributed by atoms with van der Waals surface area (Å²) in [5, 5.41) is 4.30. The lowest BCUT2D eigenvalue weighted by molar-refractivity contribution is 0.0291. The van der Waals surface area contributed by atoms with Crippen molar-refractivity contribution in [3.8, 4) is 0 Å². The first-order valence-corrected chi connectivity index (χ1v) is 8.09. The average Bonchev–Trinajstić information content (AvgIpc) is 2.87. The number of hydrogen-bond donors (Lipinski definition) is 1. The van der Waals surface area contributed by atoms with Crippen LogP contribution in [0.15, 0.2) is 18.2 Å². The van der Waals surface area contributed by atoms with Crippen LogP contribution in [0.25, 0.3) is 0 Å². The van der Waals surface area contributed by atoms with Gasteiger partial charge >= 0.3 is 6.09 Å². The van der Waals surface area contributed by atoms with E-state index < -0.39 is 5.60 Å². The predicted octanol–water partition coefficient (Wildman–Crippen LogP) is 3.75. The Balaban J connectivity index is 1.84. The molecule has 0 bridgehead atoms. The summed E-state index contributed by atoms with van der Waals surface area (Å²) in [6.45, 7) is 9.79. The van der Waals surface area contributed by atoms with E-state index in [1.165, 1.54) is 0 Å². The fourth-order valence-corrected chi connectivity index (χ4v) is 2.71. The number of carbonyl (C=O) groups is 1. The van der Waals surface area contributed by atoms with Crippen molar-refractivity contribution in [2.75, 3.05) is 13.1 Å². The number of nitrogens with zero attached hydrogens (tertiary/aromatic N) is 1. The molecule has 1 aromatic carbocycles. The highest BCUT2D eigenvalue weighted by Gasteiger charge is 2.29. The number of rotatable bonds is 3. The molecule has 1 heterocycles. The Bertz CT molecular complexity index is 540. The molecule has 22 heavy (non-hydrogen) atoms. The van der Waals surface area contributed by atoms with E-state index in [0.29, 0.717) is 13.1 Å². The molecule has 0 spiro atoms. The molecular weight excluding hydrogens is 300 g/mol. The van der Waals surface area contributed by atoms with Crippen molar-refractivity contribution < 1.29 is 9.53 Å². The number of aryl methyl sites for hydroxylation is 1. The highest BCUT2D eigenvalue weighted by Crippen LogP contribution is 2.21. The van der Waals surface area contributed by atoms with Gasteiger partial charge in [-0.2, -0.15) is 0 Å². The van der Waals surface area contributed by atoms with Crippen molar-refractivity contribution >= 4 is 17.7 Å². The summed E-state index contributed by atoms with van der Waals surface area (Å²) in [5.41, 5.74) is 1.73. The predicted molar refractivity (Wildman–Crippen MR) is 89.2 cm³/mol. The van der Waals surface area contributed by atoms with Gasteiger partial charge in [0.15, 0.2) is 0 Å². The van der Waals surface area contributed by atoms with Crippen LogP contribution in [0.2, 0.25) is 5.02 Å². The van der Waals surface area contributed by atoms with Gasteiger partial charge in [0, 0.05) is 30.7 Å². The maximum Gasteiger partial charge on any atom is 0.410 e. The van der Waals surface area contributed by atoms with Crippen LogP contribution in [0.1, 0.15) is 38.3 Å². The SMILES string of the molecule is Cc1cccc(CNC2CCN(C(=O)OC(C)(C)C)C2)c1Cl. The third kappa shape index (κ3) is 4.62. The highest BCUT2D eigenvalue weighted by molar-refractivity contribution is 6.32. The zero-order chi connectivity index (χ0) is 16.3. The number of halogens is 1. The van der Waals surface area contributed by atoms with Crippen LogP contribution in [0.3, 0.4) is 0 Å². The van der Waals surface area contributed by atoms with Crippen LogP contribution in [-0.2, 0) is 11.3 Å². The summed E-state index contributed by atoms with van der Waals surface area (Å²) in [5.74, 6) is 0. The molecule has 2 rings (SSSR count). The second-order valence-electron chi connectivity index (χ2n) is 6.84. The smallest absolute Gasteiger partial charge is 0.410 e. The fourth-order valence-electron chi connectivity index (χ4n) is 2.52. The molecule has 1 fully saturated rings. The molecule has 1 unspecified atom stereocenters. The minimum Gasteiger partial charge on any atom is -0.444 e. The number of amides is 1. The molecular formula is C17H25ClN2O2. The quantitative estimate of drug-likeness (QED) is 0.920. The molecule has 1 N–H and O–H groups in total. The van der Waals surface area contributed by atoms with Gasteiger partial charge in [-0.3, -0.25) is 0 Å². The van der Waals surface area contributed by atoms with Crippen molar-refractivity contribution in [1.82, 2.24) is 10.2 Å². The van der Waals surface area contributed by atoms with Crippen LogP contribution in [0, 0.1) is 6.92 Å². The number of likely N-dealkylation sites (tertiary alicyclic amines) is 1. The first-order valence-electron chi connectivity index (χ1n) is 7.71. The molecule has 0 radical (unpaired) electrons. The second-order valence-corrected chi connectivity index (χ2v) is 7.22. The summed E-state index contributed by atoms with van der Waals surface area (Å²) < 4.78 is 5.41. The number of ether oxygens (including phenoxy) is 1. The van der Waals surface area contributed by atoms with Crippen LogP contribution in [0.4, 0.5) is 4.79 Å². The zero-order valence-corrected chi connectivity index (χ0v) is 14.5. The Hall–Kier alpha value is -1.26. The topological polar surface area (TPSA) is 41.6 Å². The van der Waals surface area contributed by atoms with E-state index in [-0.39, 0.29) is 12.1 Å². The molecule has 1 saturated heterocycles. The number of nitrogens with one attached hydrogen (secondary N) is 1. The molecule has 1 amide bonds. The monoisotopic (exact) mass is 324 g/mol. The first kappa shape index (κ1) is 17.1. The standard InChI is InChI=1S/C17H25ClN2O2/c1-12-6-5-7-13(15(12)18)10-19-14-8-9-20(11-14)16(21)22-17(2,3)4/h5-7,14,19H,8-11H2,1-4H3. The second kappa shape index (κ2) is 6.88. The highest BCUT2D eigenvalue weighted by atomic mass is 35.5. The Labute approximate surface area is 137 Å². The Kier molecular flexibility index (Phi) is 5.35. The average molecular weight is 325 g/mol. The molecule has 0 aliphatic carbocycles. The molecule has 1 aliphatic rings. The van der Waals surface area contributed by atoms with Gasteiger partial charge < -0.3 is 15.0 Å². The molecule has 1 aliphatic heterocycles. The Morgan fingerprint density at radius 2 is 2.18 bits per heavy atom. The number of carbonyl (C=O) groups excluding carboxylic acids is 1. The van der Waals surface area contributed by atoms with E-state index in [9.17, 15) is 4.79 Å². The van der Waals surface area contributed by atoms with E-state index in [1.54, 1.807) is 4.90 Å². The van der Waals surface area contributed by atoms with E-state index in [2.05, 4.69) is 5.32 Å². The van der Waals surface area contributed by atoms with Crippen LogP contribution in [-0.4, -0.2) is 35.7 Å². The fraction of sp³-hybridized carbons (Fsp3) is 0.588. The van der Waals surface area contributed by atoms with Gasteiger partial charge in [-0.05, 0) is 45.2 Å². The molecule has 1 atom stereocenters. The minimum absolute atomic E-state index is 0.231. The maximum absolute atomic E-state index is 12.0. The normalized spacial score (nSPS) is 18.6. The van der Waals surface area contributed by atoms with Crippen LogP contribution in [0.5, 0.6) is 0 Å². The van der Waals surface area contributed by atoms with E-state index >= 15 is 0 Å². The lowest BCUT2D eigenvalue weighted by Gasteiger charge is -2.24. The third-order valence-electron chi connectivity index (χ3n) is 3.69. The van der Waals surface area contributed by atoms with Gasteiger partial charge in [0.2, 0.25) is 0 Å². The van der Waals surface area contributed by atoms with Crippen molar-refractivity contribution in [2.24, 2.45) is 0 Å². The van der Waals surface area contributed by atoms with Crippen molar-refractivity contribution in [3.63, 3.8) is 0 Å². The molecule has 0 saturated carbocycles. The number of hydrogen-bond acceptors (Lipinski definition) is 3. The summed E-state index contributed by atoms with van der Waals surface area (Å²) in [6.07, 6.45) is 0.702. The van der Waals surface area contributed by atoms with Crippen molar-refractivity contribution in [3.05, 3.63) is 34.3 Å². The van der Waals surface area contributed by atoms with Gasteiger partial charge in [0.1, 0.15) is 5.60 Å². The maximum atomic E-state index is 12.0. The lowest BCUT2D eigenvalue weighted by atomic mass is 10.1. The van der Waals surface area contributed by atoms with Crippen LogP contribution >= 0.6 is 11.6 Å². The molecule has 1 aromatic rings.